The van der Waals surface area contributed by atoms with Crippen molar-refractivity contribution in [2.75, 3.05) is 13.1 Å². The Bertz CT molecular complexity index is 1350. The standard InChI is InChI=1S/C32H38N4O3S/c1-20-19-40-31(34-20)28-10-6-14-36(28)32(39)25-17-23(22-11-12-22)16-24(18-25)30(38)35-27(15-21-7-3-2-4-8-21)29(37)26-9-5-13-33-26/h2-4,7-8,16-19,22,26-29,33,37H,5-6,9-15H2,1H3,(H,35,38)/t26-,27+,28-,29-/m1/s1. The summed E-state index contributed by atoms with van der Waals surface area (Å²) in [7, 11) is 0. The lowest BCUT2D eigenvalue weighted by Crippen LogP contribution is -2.52. The molecule has 2 aliphatic heterocycles. The molecular weight excluding hydrogens is 520 g/mol. The Kier molecular flexibility index (Phi) is 8.01. The Balaban J connectivity index is 1.26. The predicted molar refractivity (Wildman–Crippen MR) is 157 cm³/mol. The second kappa shape index (κ2) is 11.8. The minimum atomic E-state index is -0.716. The Hall–Kier alpha value is -3.07. The number of benzene rings is 2. The fourth-order valence-corrected chi connectivity index (χ4v) is 7.12. The largest absolute Gasteiger partial charge is 0.389 e. The summed E-state index contributed by atoms with van der Waals surface area (Å²) in [5.74, 6) is 0.106. The topological polar surface area (TPSA) is 94.6 Å². The van der Waals surface area contributed by atoms with Gasteiger partial charge in [-0.3, -0.25) is 9.59 Å². The first-order valence-electron chi connectivity index (χ1n) is 14.6. The molecule has 1 saturated carbocycles. The van der Waals surface area contributed by atoms with Crippen LogP contribution in [0.1, 0.15) is 93.0 Å². The highest BCUT2D eigenvalue weighted by Crippen LogP contribution is 2.41. The second-order valence-electron chi connectivity index (χ2n) is 11.6. The molecule has 210 valence electrons. The van der Waals surface area contributed by atoms with Gasteiger partial charge in [0.1, 0.15) is 5.01 Å². The van der Waals surface area contributed by atoms with Crippen molar-refractivity contribution in [2.24, 2.45) is 0 Å². The van der Waals surface area contributed by atoms with Gasteiger partial charge in [0.2, 0.25) is 0 Å². The van der Waals surface area contributed by atoms with Crippen LogP contribution in [-0.2, 0) is 6.42 Å². The number of rotatable bonds is 9. The number of hydrogen-bond acceptors (Lipinski definition) is 6. The molecule has 3 aromatic rings. The number of amides is 2. The lowest BCUT2D eigenvalue weighted by atomic mass is 9.94. The maximum atomic E-state index is 13.9. The summed E-state index contributed by atoms with van der Waals surface area (Å²) >= 11 is 1.61. The molecule has 1 aromatic heterocycles. The summed E-state index contributed by atoms with van der Waals surface area (Å²) in [6.07, 6.45) is 5.71. The quantitative estimate of drug-likeness (QED) is 0.352. The van der Waals surface area contributed by atoms with Crippen molar-refractivity contribution in [3.63, 3.8) is 0 Å². The van der Waals surface area contributed by atoms with E-state index in [1.54, 1.807) is 17.4 Å². The Morgan fingerprint density at radius 1 is 1.10 bits per heavy atom. The van der Waals surface area contributed by atoms with Crippen LogP contribution < -0.4 is 10.6 Å². The zero-order valence-corrected chi connectivity index (χ0v) is 23.8. The third-order valence-corrected chi connectivity index (χ3v) is 9.55. The molecule has 0 unspecified atom stereocenters. The van der Waals surface area contributed by atoms with Crippen LogP contribution in [0.25, 0.3) is 0 Å². The van der Waals surface area contributed by atoms with Crippen LogP contribution in [0.15, 0.2) is 53.9 Å². The molecule has 8 heteroatoms. The first-order valence-corrected chi connectivity index (χ1v) is 15.5. The van der Waals surface area contributed by atoms with E-state index in [4.69, 9.17) is 0 Å². The highest BCUT2D eigenvalue weighted by atomic mass is 32.1. The summed E-state index contributed by atoms with van der Waals surface area (Å²) in [6, 6.07) is 15.1. The van der Waals surface area contributed by atoms with Crippen LogP contribution in [0.5, 0.6) is 0 Å². The zero-order chi connectivity index (χ0) is 27.6. The molecule has 2 saturated heterocycles. The number of aromatic nitrogens is 1. The number of aryl methyl sites for hydroxylation is 1. The number of nitrogens with zero attached hydrogens (tertiary/aromatic N) is 2. The van der Waals surface area contributed by atoms with E-state index in [-0.39, 0.29) is 23.9 Å². The summed E-state index contributed by atoms with van der Waals surface area (Å²) in [6.45, 7) is 3.55. The van der Waals surface area contributed by atoms with Gasteiger partial charge in [-0.1, -0.05) is 30.3 Å². The molecule has 6 rings (SSSR count). The third-order valence-electron chi connectivity index (χ3n) is 8.49. The van der Waals surface area contributed by atoms with E-state index in [1.165, 1.54) is 0 Å². The predicted octanol–water partition coefficient (Wildman–Crippen LogP) is 4.76. The first kappa shape index (κ1) is 27.1. The van der Waals surface area contributed by atoms with Gasteiger partial charge in [-0.25, -0.2) is 4.98 Å². The average Bonchev–Trinajstić information content (AvgIpc) is 3.32. The van der Waals surface area contributed by atoms with Gasteiger partial charge < -0.3 is 20.6 Å². The Morgan fingerprint density at radius 2 is 1.90 bits per heavy atom. The van der Waals surface area contributed by atoms with E-state index < -0.39 is 12.1 Å². The van der Waals surface area contributed by atoms with E-state index >= 15 is 0 Å². The summed E-state index contributed by atoms with van der Waals surface area (Å²) < 4.78 is 0. The second-order valence-corrected chi connectivity index (χ2v) is 12.5. The SMILES string of the molecule is Cc1csc([C@H]2CCCN2C(=O)c2cc(C(=O)N[C@@H](Cc3ccccc3)[C@H](O)[C@H]3CCCN3)cc(C3CC3)c2)n1. The number of hydrogen-bond donors (Lipinski definition) is 3. The number of aliphatic hydroxyl groups is 1. The normalized spacial score (nSPS) is 22.3. The number of thiazole rings is 1. The fraction of sp³-hybridized carbons (Fsp3) is 0.469. The van der Waals surface area contributed by atoms with Crippen LogP contribution in [0, 0.1) is 6.92 Å². The van der Waals surface area contributed by atoms with Gasteiger partial charge in [-0.05, 0) is 93.7 Å². The summed E-state index contributed by atoms with van der Waals surface area (Å²) in [4.78, 5) is 34.2. The Morgan fingerprint density at radius 3 is 2.60 bits per heavy atom. The Labute approximate surface area is 240 Å². The molecular formula is C32H38N4O3S. The van der Waals surface area contributed by atoms with Crippen LogP contribution >= 0.6 is 11.3 Å². The fourth-order valence-electron chi connectivity index (χ4n) is 6.18. The van der Waals surface area contributed by atoms with Gasteiger partial charge in [0.25, 0.3) is 11.8 Å². The average molecular weight is 559 g/mol. The first-order chi connectivity index (χ1) is 19.5. The number of nitrogens with one attached hydrogen (secondary N) is 2. The monoisotopic (exact) mass is 558 g/mol. The van der Waals surface area contributed by atoms with E-state index in [9.17, 15) is 14.7 Å². The van der Waals surface area contributed by atoms with Crippen LogP contribution in [0.3, 0.4) is 0 Å². The van der Waals surface area contributed by atoms with Crippen molar-refractivity contribution >= 4 is 23.2 Å². The van der Waals surface area contributed by atoms with Gasteiger partial charge in [0, 0.05) is 34.8 Å². The summed E-state index contributed by atoms with van der Waals surface area (Å²) in [5, 5.41) is 20.9. The molecule has 0 radical (unpaired) electrons. The van der Waals surface area contributed by atoms with Crippen LogP contribution in [0.2, 0.25) is 0 Å². The molecule has 3 N–H and O–H groups in total. The van der Waals surface area contributed by atoms with Crippen molar-refractivity contribution in [1.29, 1.82) is 0 Å². The van der Waals surface area contributed by atoms with Crippen molar-refractivity contribution < 1.29 is 14.7 Å². The molecule has 3 aliphatic rings. The molecule has 0 spiro atoms. The van der Waals surface area contributed by atoms with Gasteiger partial charge in [0.15, 0.2) is 0 Å². The molecule has 3 fully saturated rings. The van der Waals surface area contributed by atoms with Gasteiger partial charge in [-0.15, -0.1) is 11.3 Å². The molecule has 1 aliphatic carbocycles. The minimum Gasteiger partial charge on any atom is -0.389 e. The molecule has 7 nitrogen and oxygen atoms in total. The van der Waals surface area contributed by atoms with E-state index in [2.05, 4.69) is 15.6 Å². The van der Waals surface area contributed by atoms with Crippen molar-refractivity contribution in [3.8, 4) is 0 Å². The van der Waals surface area contributed by atoms with E-state index in [0.717, 1.165) is 66.9 Å². The smallest absolute Gasteiger partial charge is 0.254 e. The minimum absolute atomic E-state index is 0.0163. The molecule has 3 heterocycles. The number of likely N-dealkylation sites (tertiary alicyclic amines) is 1. The third kappa shape index (κ3) is 5.99. The molecule has 4 atom stereocenters. The number of carbonyl (C=O) groups is 2. The van der Waals surface area contributed by atoms with Crippen LogP contribution in [0.4, 0.5) is 0 Å². The molecule has 0 bridgehead atoms. The van der Waals surface area contributed by atoms with E-state index in [1.807, 2.05) is 59.7 Å². The van der Waals surface area contributed by atoms with Crippen molar-refractivity contribution in [1.82, 2.24) is 20.5 Å². The molecule has 40 heavy (non-hydrogen) atoms. The van der Waals surface area contributed by atoms with Crippen molar-refractivity contribution in [3.05, 3.63) is 86.9 Å². The van der Waals surface area contributed by atoms with Gasteiger partial charge in [-0.2, -0.15) is 0 Å². The molecule has 2 amide bonds. The number of carbonyl (C=O) groups excluding carboxylic acids is 2. The zero-order valence-electron chi connectivity index (χ0n) is 23.0. The van der Waals surface area contributed by atoms with Crippen molar-refractivity contribution in [2.45, 2.75) is 82.0 Å². The lowest BCUT2D eigenvalue weighted by molar-refractivity contribution is 0.0733. The maximum Gasteiger partial charge on any atom is 0.254 e. The highest BCUT2D eigenvalue weighted by molar-refractivity contribution is 7.09. The van der Waals surface area contributed by atoms with Crippen LogP contribution in [-0.4, -0.2) is 58.1 Å². The van der Waals surface area contributed by atoms with Gasteiger partial charge >= 0.3 is 0 Å². The molecule has 2 aromatic carbocycles. The summed E-state index contributed by atoms with van der Waals surface area (Å²) in [5.41, 5.74) is 4.14. The lowest BCUT2D eigenvalue weighted by Gasteiger charge is -2.29. The number of aliphatic hydroxyl groups excluding tert-OH is 1. The van der Waals surface area contributed by atoms with Gasteiger partial charge in [0.05, 0.1) is 18.2 Å². The maximum absolute atomic E-state index is 13.9. The highest BCUT2D eigenvalue weighted by Gasteiger charge is 2.35. The van der Waals surface area contributed by atoms with E-state index in [0.29, 0.717) is 30.0 Å².